The molecule has 1 N–H and O–H groups in total. The van der Waals surface area contributed by atoms with Gasteiger partial charge in [-0.1, -0.05) is 6.92 Å². The van der Waals surface area contributed by atoms with Crippen LogP contribution >= 0.6 is 54.5 Å². The molecule has 0 saturated carbocycles. The highest BCUT2D eigenvalue weighted by atomic mass is 79.9. The standard InChI is InChI=1S/C12H11Br2NOS2/c1-2-7-3-4-8(17-7)6-15-12(16)10-5-9(13)11(14)18-10/h3-5H,2,6H2,1H3,(H,15,16). The predicted molar refractivity (Wildman–Crippen MR) is 84.6 cm³/mol. The number of aryl methyl sites for hydroxylation is 1. The Kier molecular flexibility index (Phi) is 5.00. The third-order valence-corrected chi connectivity index (χ3v) is 6.84. The van der Waals surface area contributed by atoms with Crippen molar-refractivity contribution >= 4 is 60.4 Å². The molecule has 1 amide bonds. The molecule has 2 aromatic rings. The number of thiophene rings is 2. The van der Waals surface area contributed by atoms with Gasteiger partial charge >= 0.3 is 0 Å². The van der Waals surface area contributed by atoms with Gasteiger partial charge in [0.25, 0.3) is 5.91 Å². The normalized spacial score (nSPS) is 10.6. The largest absolute Gasteiger partial charge is 0.346 e. The van der Waals surface area contributed by atoms with Gasteiger partial charge in [0.1, 0.15) is 0 Å². The summed E-state index contributed by atoms with van der Waals surface area (Å²) in [6, 6.07) is 6.02. The van der Waals surface area contributed by atoms with Gasteiger partial charge in [0, 0.05) is 14.2 Å². The molecule has 6 heteroatoms. The number of amides is 1. The summed E-state index contributed by atoms with van der Waals surface area (Å²) in [5.41, 5.74) is 0. The summed E-state index contributed by atoms with van der Waals surface area (Å²) < 4.78 is 1.86. The highest BCUT2D eigenvalue weighted by Gasteiger charge is 2.11. The number of carbonyl (C=O) groups is 1. The molecule has 0 aromatic carbocycles. The molecule has 0 saturated heterocycles. The second-order valence-electron chi connectivity index (χ2n) is 3.64. The van der Waals surface area contributed by atoms with Crippen LogP contribution in [0.15, 0.2) is 26.5 Å². The molecule has 0 fully saturated rings. The number of halogens is 2. The van der Waals surface area contributed by atoms with Crippen molar-refractivity contribution in [2.45, 2.75) is 19.9 Å². The summed E-state index contributed by atoms with van der Waals surface area (Å²) in [5, 5.41) is 2.93. The fourth-order valence-electron chi connectivity index (χ4n) is 1.42. The van der Waals surface area contributed by atoms with Crippen molar-refractivity contribution in [2.24, 2.45) is 0 Å². The Bertz CT molecular complexity index is 543. The molecule has 0 aliphatic carbocycles. The molecular weight excluding hydrogens is 398 g/mol. The second-order valence-corrected chi connectivity index (χ2v) is 8.11. The summed E-state index contributed by atoms with van der Waals surface area (Å²) >= 11 is 9.94. The molecule has 18 heavy (non-hydrogen) atoms. The summed E-state index contributed by atoms with van der Waals surface area (Å²) in [7, 11) is 0. The van der Waals surface area contributed by atoms with E-state index in [2.05, 4.69) is 56.2 Å². The van der Waals surface area contributed by atoms with E-state index in [1.54, 1.807) is 11.3 Å². The van der Waals surface area contributed by atoms with Gasteiger partial charge in [-0.3, -0.25) is 4.79 Å². The van der Waals surface area contributed by atoms with E-state index in [4.69, 9.17) is 0 Å². The zero-order chi connectivity index (χ0) is 13.1. The van der Waals surface area contributed by atoms with Gasteiger partial charge in [0.05, 0.1) is 15.2 Å². The van der Waals surface area contributed by atoms with Crippen LogP contribution in [-0.2, 0) is 13.0 Å². The van der Waals surface area contributed by atoms with E-state index in [0.717, 1.165) is 14.7 Å². The Morgan fingerprint density at radius 2 is 2.00 bits per heavy atom. The van der Waals surface area contributed by atoms with Gasteiger partial charge in [-0.2, -0.15) is 0 Å². The molecule has 2 aromatic heterocycles. The molecule has 2 heterocycles. The van der Waals surface area contributed by atoms with E-state index in [1.165, 1.54) is 21.1 Å². The number of rotatable bonds is 4. The Hall–Kier alpha value is -0.170. The first kappa shape index (κ1) is 14.2. The van der Waals surface area contributed by atoms with Crippen molar-refractivity contribution in [3.05, 3.63) is 41.1 Å². The third kappa shape index (κ3) is 3.44. The monoisotopic (exact) mass is 407 g/mol. The molecular formula is C12H11Br2NOS2. The predicted octanol–water partition coefficient (Wildman–Crippen LogP) is 4.83. The maximum absolute atomic E-state index is 11.9. The Morgan fingerprint density at radius 1 is 1.28 bits per heavy atom. The van der Waals surface area contributed by atoms with Gasteiger partial charge in [-0.15, -0.1) is 22.7 Å². The highest BCUT2D eigenvalue weighted by Crippen LogP contribution is 2.32. The summed E-state index contributed by atoms with van der Waals surface area (Å²) in [5.74, 6) is -0.0298. The Morgan fingerprint density at radius 3 is 2.56 bits per heavy atom. The molecule has 0 aliphatic rings. The van der Waals surface area contributed by atoms with E-state index >= 15 is 0 Å². The van der Waals surface area contributed by atoms with Crippen LogP contribution in [0.2, 0.25) is 0 Å². The number of hydrogen-bond acceptors (Lipinski definition) is 3. The maximum atomic E-state index is 11.9. The topological polar surface area (TPSA) is 29.1 Å². The quantitative estimate of drug-likeness (QED) is 0.771. The lowest BCUT2D eigenvalue weighted by molar-refractivity contribution is 0.0955. The van der Waals surface area contributed by atoms with E-state index in [0.29, 0.717) is 11.4 Å². The fourth-order valence-corrected chi connectivity index (χ4v) is 4.27. The van der Waals surface area contributed by atoms with Crippen LogP contribution in [-0.4, -0.2) is 5.91 Å². The molecule has 0 bridgehead atoms. The fraction of sp³-hybridized carbons (Fsp3) is 0.250. The highest BCUT2D eigenvalue weighted by molar-refractivity contribution is 9.13. The van der Waals surface area contributed by atoms with Crippen molar-refractivity contribution in [2.75, 3.05) is 0 Å². The minimum Gasteiger partial charge on any atom is -0.346 e. The van der Waals surface area contributed by atoms with Crippen LogP contribution in [0.25, 0.3) is 0 Å². The van der Waals surface area contributed by atoms with Crippen LogP contribution in [0, 0.1) is 0 Å². The molecule has 2 rings (SSSR count). The van der Waals surface area contributed by atoms with Crippen molar-refractivity contribution in [3.8, 4) is 0 Å². The number of hydrogen-bond donors (Lipinski definition) is 1. The lowest BCUT2D eigenvalue weighted by Crippen LogP contribution is -2.21. The molecule has 96 valence electrons. The van der Waals surface area contributed by atoms with Gasteiger partial charge in [-0.05, 0) is 56.5 Å². The van der Waals surface area contributed by atoms with Gasteiger partial charge in [0.2, 0.25) is 0 Å². The first-order valence-corrected chi connectivity index (χ1v) is 8.62. The van der Waals surface area contributed by atoms with Crippen LogP contribution < -0.4 is 5.32 Å². The zero-order valence-corrected chi connectivity index (χ0v) is 14.4. The van der Waals surface area contributed by atoms with Gasteiger partial charge < -0.3 is 5.32 Å². The zero-order valence-electron chi connectivity index (χ0n) is 9.63. The third-order valence-electron chi connectivity index (χ3n) is 2.36. The van der Waals surface area contributed by atoms with Gasteiger partial charge in [-0.25, -0.2) is 0 Å². The SMILES string of the molecule is CCc1ccc(CNC(=O)c2cc(Br)c(Br)s2)s1. The molecule has 0 spiro atoms. The van der Waals surface area contributed by atoms with Crippen molar-refractivity contribution in [1.29, 1.82) is 0 Å². The minimum absolute atomic E-state index is 0.0298. The van der Waals surface area contributed by atoms with Crippen molar-refractivity contribution < 1.29 is 4.79 Å². The molecule has 0 unspecified atom stereocenters. The number of carbonyl (C=O) groups excluding carboxylic acids is 1. The molecule has 0 atom stereocenters. The van der Waals surface area contributed by atoms with E-state index in [1.807, 2.05) is 6.07 Å². The first-order chi connectivity index (χ1) is 8.60. The average molecular weight is 409 g/mol. The summed E-state index contributed by atoms with van der Waals surface area (Å²) in [4.78, 5) is 15.2. The molecule has 2 nitrogen and oxygen atoms in total. The maximum Gasteiger partial charge on any atom is 0.261 e. The molecule has 0 radical (unpaired) electrons. The number of nitrogens with one attached hydrogen (secondary N) is 1. The minimum atomic E-state index is -0.0298. The molecule has 0 aliphatic heterocycles. The van der Waals surface area contributed by atoms with E-state index in [9.17, 15) is 4.79 Å². The summed E-state index contributed by atoms with van der Waals surface area (Å²) in [6.07, 6.45) is 1.05. The second kappa shape index (κ2) is 6.32. The van der Waals surface area contributed by atoms with E-state index < -0.39 is 0 Å². The first-order valence-electron chi connectivity index (χ1n) is 5.40. The van der Waals surface area contributed by atoms with Crippen LogP contribution in [0.1, 0.15) is 26.3 Å². The Labute approximate surface area is 131 Å². The van der Waals surface area contributed by atoms with Crippen molar-refractivity contribution in [1.82, 2.24) is 5.32 Å². The van der Waals surface area contributed by atoms with Gasteiger partial charge in [0.15, 0.2) is 0 Å². The Balaban J connectivity index is 1.95. The lowest BCUT2D eigenvalue weighted by atomic mass is 10.3. The smallest absolute Gasteiger partial charge is 0.261 e. The van der Waals surface area contributed by atoms with Crippen LogP contribution in [0.4, 0.5) is 0 Å². The lowest BCUT2D eigenvalue weighted by Gasteiger charge is -2.00. The van der Waals surface area contributed by atoms with Crippen LogP contribution in [0.5, 0.6) is 0 Å². The van der Waals surface area contributed by atoms with Crippen molar-refractivity contribution in [3.63, 3.8) is 0 Å². The average Bonchev–Trinajstić information content (AvgIpc) is 2.94. The van der Waals surface area contributed by atoms with Crippen LogP contribution in [0.3, 0.4) is 0 Å². The summed E-state index contributed by atoms with van der Waals surface area (Å²) in [6.45, 7) is 2.73. The van der Waals surface area contributed by atoms with E-state index in [-0.39, 0.29) is 5.91 Å².